The largest absolute Gasteiger partial charge is 0.451 e. The molecule has 0 N–H and O–H groups in total. The maximum atomic E-state index is 12.5. The molecule has 0 aromatic rings. The van der Waals surface area contributed by atoms with Crippen molar-refractivity contribution in [1.29, 1.82) is 0 Å². The van der Waals surface area contributed by atoms with Gasteiger partial charge in [-0.1, -0.05) is 0 Å². The molecule has 4 nitrogen and oxygen atoms in total. The van der Waals surface area contributed by atoms with Crippen molar-refractivity contribution in [2.75, 3.05) is 6.54 Å². The van der Waals surface area contributed by atoms with Crippen molar-refractivity contribution in [3.8, 4) is 0 Å². The maximum absolute atomic E-state index is 12.5. The van der Waals surface area contributed by atoms with Crippen molar-refractivity contribution >= 4 is 18.8 Å². The van der Waals surface area contributed by atoms with Crippen molar-refractivity contribution in [3.05, 3.63) is 11.9 Å². The van der Waals surface area contributed by atoms with Crippen molar-refractivity contribution < 1.29 is 13.2 Å². The molecule has 0 aliphatic carbocycles. The average Bonchev–Trinajstić information content (AvgIpc) is 2.12. The van der Waals surface area contributed by atoms with Gasteiger partial charge in [0, 0.05) is 19.1 Å². The zero-order chi connectivity index (χ0) is 11.5. The fourth-order valence-electron chi connectivity index (χ4n) is 1.08. The predicted octanol–water partition coefficient (Wildman–Crippen LogP) is 1.81. The molecule has 0 spiro atoms. The minimum Gasteiger partial charge on any atom is -0.320 e. The van der Waals surface area contributed by atoms with E-state index in [0.717, 1.165) is 4.90 Å². The Kier molecular flexibility index (Phi) is 3.23. The lowest BCUT2D eigenvalue weighted by atomic mass is 10.4. The van der Waals surface area contributed by atoms with E-state index >= 15 is 0 Å². The van der Waals surface area contributed by atoms with Gasteiger partial charge in [0.2, 0.25) is 5.84 Å². The Balaban J connectivity index is 2.98. The Morgan fingerprint density at radius 2 is 2.27 bits per heavy atom. The molecular weight excluding hydrogens is 209 g/mol. The van der Waals surface area contributed by atoms with Gasteiger partial charge in [-0.05, 0) is 6.92 Å². The molecule has 7 heteroatoms. The molecule has 0 fully saturated rings. The molecule has 15 heavy (non-hydrogen) atoms. The van der Waals surface area contributed by atoms with Gasteiger partial charge in [0.1, 0.15) is 0 Å². The second-order valence-electron chi connectivity index (χ2n) is 2.80. The quantitative estimate of drug-likeness (QED) is 0.376. The summed E-state index contributed by atoms with van der Waals surface area (Å²) in [6.07, 6.45) is -1.92. The van der Waals surface area contributed by atoms with Crippen LogP contribution < -0.4 is 0 Å². The molecule has 0 aromatic carbocycles. The lowest BCUT2D eigenvalue weighted by molar-refractivity contribution is -0.0666. The van der Waals surface area contributed by atoms with E-state index < -0.39 is 12.0 Å². The Morgan fingerprint density at radius 3 is 2.73 bits per heavy atom. The van der Waals surface area contributed by atoms with E-state index in [-0.39, 0.29) is 6.54 Å². The molecule has 0 unspecified atom stereocenters. The fraction of sp³-hybridized carbons (Fsp3) is 0.375. The fourth-order valence-corrected chi connectivity index (χ4v) is 1.08. The van der Waals surface area contributed by atoms with Crippen LogP contribution in [0.25, 0.3) is 0 Å². The number of nitrogens with zero attached hydrogens (tertiary/aromatic N) is 4. The zero-order valence-corrected chi connectivity index (χ0v) is 7.99. The molecular formula is C8H9F3N4. The number of halogens is 3. The number of alkyl halides is 3. The summed E-state index contributed by atoms with van der Waals surface area (Å²) in [5, 5.41) is 5.88. The lowest BCUT2D eigenvalue weighted by Gasteiger charge is -2.23. The van der Waals surface area contributed by atoms with E-state index in [9.17, 15) is 13.2 Å². The predicted molar refractivity (Wildman–Crippen MR) is 52.0 cm³/mol. The summed E-state index contributed by atoms with van der Waals surface area (Å²) in [5.41, 5.74) is 0.474. The summed E-state index contributed by atoms with van der Waals surface area (Å²) in [5.74, 6) is -1.09. The van der Waals surface area contributed by atoms with Crippen molar-refractivity contribution in [1.82, 2.24) is 4.90 Å². The standard InChI is InChI=1S/C8H9F3N4/c1-6-5-15(4-3-13-6)7(14-12-2)8(9,10)11/h3,5H,2,4H2,1H3/b14-7-. The number of aliphatic imine (C=N–C) groups is 1. The van der Waals surface area contributed by atoms with Crippen LogP contribution >= 0.6 is 0 Å². The number of hydrogen-bond acceptors (Lipinski definition) is 3. The summed E-state index contributed by atoms with van der Waals surface area (Å²) in [6.45, 7) is 4.52. The van der Waals surface area contributed by atoms with E-state index in [0.29, 0.717) is 5.70 Å². The van der Waals surface area contributed by atoms with Gasteiger partial charge in [0.25, 0.3) is 0 Å². The first kappa shape index (κ1) is 11.4. The van der Waals surface area contributed by atoms with Gasteiger partial charge >= 0.3 is 6.18 Å². The molecule has 0 bridgehead atoms. The lowest BCUT2D eigenvalue weighted by Crippen LogP contribution is -2.40. The van der Waals surface area contributed by atoms with Crippen LogP contribution in [0.3, 0.4) is 0 Å². The Hall–Kier alpha value is -1.66. The van der Waals surface area contributed by atoms with Gasteiger partial charge in [-0.2, -0.15) is 18.3 Å². The van der Waals surface area contributed by atoms with E-state index in [2.05, 4.69) is 21.9 Å². The van der Waals surface area contributed by atoms with Gasteiger partial charge in [-0.3, -0.25) is 4.99 Å². The first-order valence-electron chi connectivity index (χ1n) is 4.03. The van der Waals surface area contributed by atoms with E-state index in [1.165, 1.54) is 12.4 Å². The maximum Gasteiger partial charge on any atom is 0.451 e. The molecule has 1 aliphatic rings. The molecule has 0 saturated carbocycles. The highest BCUT2D eigenvalue weighted by Gasteiger charge is 2.40. The molecule has 0 saturated heterocycles. The van der Waals surface area contributed by atoms with E-state index in [4.69, 9.17) is 0 Å². The third kappa shape index (κ3) is 2.90. The highest BCUT2D eigenvalue weighted by Crippen LogP contribution is 2.21. The summed E-state index contributed by atoms with van der Waals surface area (Å²) >= 11 is 0. The molecule has 0 atom stereocenters. The molecule has 0 radical (unpaired) electrons. The summed E-state index contributed by atoms with van der Waals surface area (Å²) in [6, 6.07) is 0. The second-order valence-corrected chi connectivity index (χ2v) is 2.80. The number of hydrogen-bond donors (Lipinski definition) is 0. The van der Waals surface area contributed by atoms with E-state index in [1.807, 2.05) is 0 Å². The first-order valence-corrected chi connectivity index (χ1v) is 4.03. The van der Waals surface area contributed by atoms with Crippen molar-refractivity contribution in [2.45, 2.75) is 13.1 Å². The van der Waals surface area contributed by atoms with E-state index in [1.54, 1.807) is 6.92 Å². The first-order chi connectivity index (χ1) is 6.95. The van der Waals surface area contributed by atoms with Gasteiger partial charge in [0.15, 0.2) is 0 Å². The molecule has 1 heterocycles. The molecule has 82 valence electrons. The number of amidine groups is 1. The van der Waals surface area contributed by atoms with Crippen LogP contribution in [0, 0.1) is 0 Å². The van der Waals surface area contributed by atoms with Crippen LogP contribution in [-0.2, 0) is 0 Å². The third-order valence-electron chi connectivity index (χ3n) is 1.61. The van der Waals surface area contributed by atoms with Gasteiger partial charge in [-0.25, -0.2) is 0 Å². The normalized spacial score (nSPS) is 17.7. The molecule has 1 aliphatic heterocycles. The Labute approximate surface area is 84.5 Å². The van der Waals surface area contributed by atoms with Crippen LogP contribution in [-0.4, -0.2) is 36.4 Å². The molecule has 0 amide bonds. The average molecular weight is 218 g/mol. The van der Waals surface area contributed by atoms with Crippen molar-refractivity contribution in [2.24, 2.45) is 15.2 Å². The van der Waals surface area contributed by atoms with Crippen LogP contribution in [0.15, 0.2) is 27.1 Å². The molecule has 0 aromatic heterocycles. The smallest absolute Gasteiger partial charge is 0.320 e. The van der Waals surface area contributed by atoms with Crippen LogP contribution in [0.2, 0.25) is 0 Å². The topological polar surface area (TPSA) is 40.3 Å². The minimum atomic E-state index is -4.55. The summed E-state index contributed by atoms with van der Waals surface area (Å²) in [4.78, 5) is 4.76. The highest BCUT2D eigenvalue weighted by molar-refractivity contribution is 5.90. The molecule has 1 rings (SSSR count). The van der Waals surface area contributed by atoms with Crippen LogP contribution in [0.1, 0.15) is 6.92 Å². The van der Waals surface area contributed by atoms with Gasteiger partial charge in [-0.15, -0.1) is 5.10 Å². The third-order valence-corrected chi connectivity index (χ3v) is 1.61. The van der Waals surface area contributed by atoms with Gasteiger partial charge < -0.3 is 4.90 Å². The highest BCUT2D eigenvalue weighted by atomic mass is 19.4. The number of allylic oxidation sites excluding steroid dienone is 1. The Morgan fingerprint density at radius 1 is 1.60 bits per heavy atom. The second kappa shape index (κ2) is 4.24. The number of rotatable bonds is 1. The summed E-state index contributed by atoms with van der Waals surface area (Å²) < 4.78 is 37.5. The monoisotopic (exact) mass is 218 g/mol. The van der Waals surface area contributed by atoms with Crippen LogP contribution in [0.5, 0.6) is 0 Å². The Bertz CT molecular complexity index is 340. The zero-order valence-electron chi connectivity index (χ0n) is 7.99. The van der Waals surface area contributed by atoms with Crippen LogP contribution in [0.4, 0.5) is 13.2 Å². The van der Waals surface area contributed by atoms with Gasteiger partial charge in [0.05, 0.1) is 12.2 Å². The van der Waals surface area contributed by atoms with Crippen molar-refractivity contribution in [3.63, 3.8) is 0 Å². The summed E-state index contributed by atoms with van der Waals surface area (Å²) in [7, 11) is 0. The minimum absolute atomic E-state index is 0.0191. The SMILES string of the molecule is C=N/N=C(\N1C=C(C)N=CC1)C(F)(F)F.